The highest BCUT2D eigenvalue weighted by Gasteiger charge is 2.26. The molecule has 4 aromatic rings. The summed E-state index contributed by atoms with van der Waals surface area (Å²) >= 11 is 7.51. The minimum absolute atomic E-state index is 0.113. The highest BCUT2D eigenvalue weighted by Crippen LogP contribution is 2.37. The molecular formula is C29H31ClN4O2S. The lowest BCUT2D eigenvalue weighted by Gasteiger charge is -2.18. The van der Waals surface area contributed by atoms with Gasteiger partial charge in [-0.05, 0) is 80.3 Å². The van der Waals surface area contributed by atoms with Crippen LogP contribution in [0.4, 0.5) is 5.69 Å². The summed E-state index contributed by atoms with van der Waals surface area (Å²) in [6, 6.07) is 23.4. The van der Waals surface area contributed by atoms with Crippen LogP contribution in [0.15, 0.2) is 78.0 Å². The quantitative estimate of drug-likeness (QED) is 0.164. The highest BCUT2D eigenvalue weighted by molar-refractivity contribution is 8.00. The van der Waals surface area contributed by atoms with Crippen LogP contribution in [0.2, 0.25) is 5.02 Å². The van der Waals surface area contributed by atoms with Gasteiger partial charge >= 0.3 is 0 Å². The van der Waals surface area contributed by atoms with Crippen molar-refractivity contribution in [1.29, 1.82) is 0 Å². The predicted octanol–water partition coefficient (Wildman–Crippen LogP) is 7.11. The van der Waals surface area contributed by atoms with Crippen molar-refractivity contribution in [2.45, 2.75) is 44.1 Å². The molecule has 3 aromatic carbocycles. The first-order valence-electron chi connectivity index (χ1n) is 12.3. The fourth-order valence-corrected chi connectivity index (χ4v) is 5.31. The maximum atomic E-state index is 13.6. The number of nitrogens with one attached hydrogen (secondary N) is 1. The van der Waals surface area contributed by atoms with E-state index >= 15 is 0 Å². The maximum absolute atomic E-state index is 13.6. The van der Waals surface area contributed by atoms with E-state index in [1.165, 1.54) is 11.8 Å². The molecule has 0 aliphatic heterocycles. The van der Waals surface area contributed by atoms with E-state index in [1.54, 1.807) is 0 Å². The molecule has 0 saturated heterocycles. The third kappa shape index (κ3) is 7.22. The van der Waals surface area contributed by atoms with Gasteiger partial charge in [0.25, 0.3) is 0 Å². The summed E-state index contributed by atoms with van der Waals surface area (Å²) < 4.78 is 7.63. The second-order valence-electron chi connectivity index (χ2n) is 8.79. The molecule has 0 bridgehead atoms. The van der Waals surface area contributed by atoms with Crippen LogP contribution in [0.5, 0.6) is 0 Å². The lowest BCUT2D eigenvalue weighted by Crippen LogP contribution is -2.20. The zero-order valence-electron chi connectivity index (χ0n) is 21.3. The lowest BCUT2D eigenvalue weighted by molar-refractivity contribution is -0.115. The number of ether oxygens (including phenoxy) is 1. The number of thioether (sulfide) groups is 1. The summed E-state index contributed by atoms with van der Waals surface area (Å²) in [5.41, 5.74) is 4.79. The van der Waals surface area contributed by atoms with E-state index in [0.717, 1.165) is 40.2 Å². The van der Waals surface area contributed by atoms with Crippen LogP contribution < -0.4 is 5.32 Å². The van der Waals surface area contributed by atoms with Crippen LogP contribution in [0.25, 0.3) is 11.4 Å². The summed E-state index contributed by atoms with van der Waals surface area (Å²) in [6.45, 7) is 7.99. The molecule has 37 heavy (non-hydrogen) atoms. The SMILES string of the molecule is CCOCCCn1c(SC(C(=O)Nc2cc(C)cc(C)c2)c2ccccc2)nnc1-c1ccc(Cl)cc1. The first kappa shape index (κ1) is 26.9. The number of nitrogens with zero attached hydrogens (tertiary/aromatic N) is 3. The van der Waals surface area contributed by atoms with Gasteiger partial charge in [-0.25, -0.2) is 0 Å². The molecule has 0 aliphatic carbocycles. The Morgan fingerprint density at radius 2 is 1.73 bits per heavy atom. The van der Waals surface area contributed by atoms with Gasteiger partial charge in [0.1, 0.15) is 5.25 Å². The van der Waals surface area contributed by atoms with Gasteiger partial charge < -0.3 is 14.6 Å². The van der Waals surface area contributed by atoms with E-state index in [1.807, 2.05) is 87.5 Å². The molecular weight excluding hydrogens is 504 g/mol. The minimum atomic E-state index is -0.519. The number of amides is 1. The maximum Gasteiger partial charge on any atom is 0.242 e. The van der Waals surface area contributed by atoms with Gasteiger partial charge in [-0.15, -0.1) is 10.2 Å². The second kappa shape index (κ2) is 12.9. The minimum Gasteiger partial charge on any atom is -0.382 e. The number of rotatable bonds is 11. The van der Waals surface area contributed by atoms with Gasteiger partial charge in [-0.2, -0.15) is 0 Å². The van der Waals surface area contributed by atoms with E-state index in [9.17, 15) is 4.79 Å². The van der Waals surface area contributed by atoms with E-state index in [-0.39, 0.29) is 5.91 Å². The Balaban J connectivity index is 1.66. The fraction of sp³-hybridized carbons (Fsp3) is 0.276. The number of carbonyl (C=O) groups excluding carboxylic acids is 1. The van der Waals surface area contributed by atoms with Crippen molar-refractivity contribution < 1.29 is 9.53 Å². The van der Waals surface area contributed by atoms with Crippen molar-refractivity contribution in [3.8, 4) is 11.4 Å². The van der Waals surface area contributed by atoms with Crippen molar-refractivity contribution in [3.05, 3.63) is 94.5 Å². The molecule has 0 fully saturated rings. The molecule has 1 atom stereocenters. The van der Waals surface area contributed by atoms with Gasteiger partial charge in [0.15, 0.2) is 11.0 Å². The zero-order chi connectivity index (χ0) is 26.2. The highest BCUT2D eigenvalue weighted by atomic mass is 35.5. The number of carbonyl (C=O) groups is 1. The van der Waals surface area contributed by atoms with Crippen molar-refractivity contribution in [1.82, 2.24) is 14.8 Å². The predicted molar refractivity (Wildman–Crippen MR) is 151 cm³/mol. The van der Waals surface area contributed by atoms with Gasteiger partial charge in [-0.1, -0.05) is 59.8 Å². The summed E-state index contributed by atoms with van der Waals surface area (Å²) in [6.07, 6.45) is 0.796. The molecule has 6 nitrogen and oxygen atoms in total. The molecule has 1 N–H and O–H groups in total. The van der Waals surface area contributed by atoms with Crippen LogP contribution in [0, 0.1) is 13.8 Å². The number of aromatic nitrogens is 3. The van der Waals surface area contributed by atoms with Crippen molar-refractivity contribution in [3.63, 3.8) is 0 Å². The summed E-state index contributed by atoms with van der Waals surface area (Å²) in [5.74, 6) is 0.621. The Morgan fingerprint density at radius 3 is 2.41 bits per heavy atom. The normalized spacial score (nSPS) is 11.9. The largest absolute Gasteiger partial charge is 0.382 e. The molecule has 1 aromatic heterocycles. The molecule has 4 rings (SSSR count). The van der Waals surface area contributed by atoms with E-state index in [4.69, 9.17) is 16.3 Å². The number of aryl methyl sites for hydroxylation is 2. The Kier molecular flexibility index (Phi) is 9.39. The van der Waals surface area contributed by atoms with Crippen LogP contribution in [0.3, 0.4) is 0 Å². The van der Waals surface area contributed by atoms with Crippen LogP contribution in [0.1, 0.15) is 35.3 Å². The molecule has 1 amide bonds. The van der Waals surface area contributed by atoms with Crippen LogP contribution >= 0.6 is 23.4 Å². The number of benzene rings is 3. The van der Waals surface area contributed by atoms with Gasteiger partial charge in [-0.3, -0.25) is 4.79 Å². The molecule has 0 aliphatic rings. The third-order valence-corrected chi connectivity index (χ3v) is 7.23. The van der Waals surface area contributed by atoms with Crippen LogP contribution in [-0.4, -0.2) is 33.9 Å². The number of anilines is 1. The van der Waals surface area contributed by atoms with Crippen molar-refractivity contribution in [2.24, 2.45) is 0 Å². The number of hydrogen-bond donors (Lipinski definition) is 1. The van der Waals surface area contributed by atoms with Gasteiger partial charge in [0.05, 0.1) is 0 Å². The van der Waals surface area contributed by atoms with E-state index in [2.05, 4.69) is 26.1 Å². The zero-order valence-corrected chi connectivity index (χ0v) is 22.9. The second-order valence-corrected chi connectivity index (χ2v) is 10.3. The van der Waals surface area contributed by atoms with Gasteiger partial charge in [0.2, 0.25) is 5.91 Å². The van der Waals surface area contributed by atoms with Gasteiger partial charge in [0, 0.05) is 36.0 Å². The standard InChI is InChI=1S/C29H31ClN4O2S/c1-4-36-16-8-15-34-27(23-11-13-24(30)14-12-23)32-33-29(34)37-26(22-9-6-5-7-10-22)28(35)31-25-18-20(2)17-21(3)19-25/h5-7,9-14,17-19,26H,4,8,15-16H2,1-3H3,(H,31,35). The first-order valence-corrected chi connectivity index (χ1v) is 13.6. The molecule has 1 heterocycles. The third-order valence-electron chi connectivity index (χ3n) is 5.75. The fourth-order valence-electron chi connectivity index (χ4n) is 4.12. The Labute approximate surface area is 227 Å². The molecule has 1 unspecified atom stereocenters. The lowest BCUT2D eigenvalue weighted by atomic mass is 10.1. The molecule has 0 spiro atoms. The Hall–Kier alpha value is -3.13. The van der Waals surface area contributed by atoms with E-state index in [0.29, 0.717) is 29.9 Å². The summed E-state index contributed by atoms with van der Waals surface area (Å²) in [5, 5.41) is 13.0. The number of halogens is 1. The van der Waals surface area contributed by atoms with Crippen molar-refractivity contribution in [2.75, 3.05) is 18.5 Å². The summed E-state index contributed by atoms with van der Waals surface area (Å²) in [7, 11) is 0. The average molecular weight is 535 g/mol. The van der Waals surface area contributed by atoms with Crippen molar-refractivity contribution >= 4 is 35.0 Å². The molecule has 0 radical (unpaired) electrons. The molecule has 8 heteroatoms. The molecule has 192 valence electrons. The van der Waals surface area contributed by atoms with E-state index < -0.39 is 5.25 Å². The Bertz CT molecular complexity index is 1310. The van der Waals surface area contributed by atoms with Crippen LogP contribution in [-0.2, 0) is 16.1 Å². The Morgan fingerprint density at radius 1 is 1.03 bits per heavy atom. The monoisotopic (exact) mass is 534 g/mol. The number of hydrogen-bond acceptors (Lipinski definition) is 5. The first-order chi connectivity index (χ1) is 17.9. The average Bonchev–Trinajstić information content (AvgIpc) is 3.27. The summed E-state index contributed by atoms with van der Waals surface area (Å²) in [4.78, 5) is 13.6. The topological polar surface area (TPSA) is 69.0 Å². The smallest absolute Gasteiger partial charge is 0.242 e. The molecule has 0 saturated carbocycles.